The Labute approximate surface area is 229 Å². The van der Waals surface area contributed by atoms with Gasteiger partial charge in [0.15, 0.2) is 6.61 Å². The van der Waals surface area contributed by atoms with Crippen molar-refractivity contribution in [3.8, 4) is 0 Å². The summed E-state index contributed by atoms with van der Waals surface area (Å²) in [4.78, 5) is 39.9. The molecular weight excluding hydrogens is 498 g/mol. The largest absolute Gasteiger partial charge is 0.462 e. The molecule has 1 amide bonds. The molecule has 6 rings (SSSR count). The van der Waals surface area contributed by atoms with Crippen LogP contribution in [-0.4, -0.2) is 31.1 Å². The lowest BCUT2D eigenvalue weighted by molar-refractivity contribution is -0.175. The predicted molar refractivity (Wildman–Crippen MR) is 149 cm³/mol. The molecule has 38 heavy (non-hydrogen) atoms. The average molecular weight is 538 g/mol. The predicted octanol–water partition coefficient (Wildman–Crippen LogP) is 6.68. The van der Waals surface area contributed by atoms with Crippen molar-refractivity contribution in [3.63, 3.8) is 0 Å². The van der Waals surface area contributed by atoms with Crippen LogP contribution >= 0.6 is 11.3 Å². The number of anilines is 1. The number of ether oxygens (including phenoxy) is 2. The lowest BCUT2D eigenvalue weighted by Crippen LogP contribution is -2.57. The van der Waals surface area contributed by atoms with Crippen LogP contribution in [0, 0.1) is 31.1 Å². The second kappa shape index (κ2) is 10.1. The number of benzene rings is 1. The number of carbonyl (C=O) groups is 3. The van der Waals surface area contributed by atoms with Crippen LogP contribution < -0.4 is 5.32 Å². The number of amides is 1. The Kier molecular flexibility index (Phi) is 7.18. The molecule has 1 aromatic heterocycles. The first kappa shape index (κ1) is 26.9. The number of esters is 2. The number of aryl methyl sites for hydroxylation is 2. The van der Waals surface area contributed by atoms with E-state index in [9.17, 15) is 14.4 Å². The highest BCUT2D eigenvalue weighted by Gasteiger charge is 2.61. The van der Waals surface area contributed by atoms with Gasteiger partial charge in [-0.1, -0.05) is 32.0 Å². The molecule has 2 aromatic rings. The molecule has 204 valence electrons. The first-order valence-corrected chi connectivity index (χ1v) is 14.7. The van der Waals surface area contributed by atoms with E-state index in [1.54, 1.807) is 13.0 Å². The lowest BCUT2D eigenvalue weighted by atomic mass is 9.43. The number of hydrogen-bond acceptors (Lipinski definition) is 6. The maximum atomic E-state index is 13.6. The Morgan fingerprint density at radius 2 is 1.74 bits per heavy atom. The van der Waals surface area contributed by atoms with Gasteiger partial charge in [0.1, 0.15) is 5.00 Å². The van der Waals surface area contributed by atoms with Crippen molar-refractivity contribution in [2.24, 2.45) is 17.3 Å². The van der Waals surface area contributed by atoms with Crippen molar-refractivity contribution in [2.45, 2.75) is 84.5 Å². The fourth-order valence-corrected chi connectivity index (χ4v) is 8.57. The normalized spacial score (nSPS) is 27.4. The Morgan fingerprint density at radius 3 is 2.37 bits per heavy atom. The van der Waals surface area contributed by atoms with Gasteiger partial charge in [0.25, 0.3) is 5.91 Å². The molecule has 0 aliphatic heterocycles. The van der Waals surface area contributed by atoms with Crippen LogP contribution in [0.1, 0.15) is 97.1 Å². The molecule has 1 heterocycles. The zero-order chi connectivity index (χ0) is 27.2. The van der Waals surface area contributed by atoms with Crippen molar-refractivity contribution in [3.05, 3.63) is 51.4 Å². The molecule has 4 atom stereocenters. The maximum Gasteiger partial charge on any atom is 0.341 e. The molecule has 7 heteroatoms. The van der Waals surface area contributed by atoms with Crippen molar-refractivity contribution in [2.75, 3.05) is 18.5 Å². The first-order chi connectivity index (χ1) is 18.0. The van der Waals surface area contributed by atoms with Crippen LogP contribution in [0.25, 0.3) is 0 Å². The van der Waals surface area contributed by atoms with E-state index in [0.717, 1.165) is 37.0 Å². The highest BCUT2D eigenvalue weighted by atomic mass is 32.1. The Balaban J connectivity index is 1.29. The number of nitrogens with one attached hydrogen (secondary N) is 1. The van der Waals surface area contributed by atoms with Crippen molar-refractivity contribution in [1.29, 1.82) is 0 Å². The zero-order valence-electron chi connectivity index (χ0n) is 23.1. The SMILES string of the molecule is CCOC(=O)c1cc(C(C)C)sc1NC(=O)COC(=O)C12C[C@H]3C[C@@H](C1)CC(c1ccc(C)c(C)c1)(C3)C2. The Bertz CT molecular complexity index is 1250. The fourth-order valence-electron chi connectivity index (χ4n) is 7.51. The molecule has 4 aliphatic rings. The quantitative estimate of drug-likeness (QED) is 0.380. The van der Waals surface area contributed by atoms with E-state index in [4.69, 9.17) is 9.47 Å². The third-order valence-corrected chi connectivity index (χ3v) is 10.4. The number of rotatable bonds is 8. The smallest absolute Gasteiger partial charge is 0.341 e. The van der Waals surface area contributed by atoms with Gasteiger partial charge >= 0.3 is 11.9 Å². The summed E-state index contributed by atoms with van der Waals surface area (Å²) in [6, 6.07) is 8.56. The van der Waals surface area contributed by atoms with Crippen LogP contribution in [0.5, 0.6) is 0 Å². The summed E-state index contributed by atoms with van der Waals surface area (Å²) in [6.07, 6.45) is 5.96. The van der Waals surface area contributed by atoms with Crippen LogP contribution in [-0.2, 0) is 24.5 Å². The molecule has 4 fully saturated rings. The second-order valence-electron chi connectivity index (χ2n) is 12.2. The summed E-state index contributed by atoms with van der Waals surface area (Å²) < 4.78 is 10.9. The first-order valence-electron chi connectivity index (χ1n) is 13.9. The lowest BCUT2D eigenvalue weighted by Gasteiger charge is -2.61. The maximum absolute atomic E-state index is 13.6. The monoisotopic (exact) mass is 537 g/mol. The summed E-state index contributed by atoms with van der Waals surface area (Å²) in [5, 5.41) is 3.24. The highest BCUT2D eigenvalue weighted by molar-refractivity contribution is 7.16. The fraction of sp³-hybridized carbons (Fsp3) is 0.581. The zero-order valence-corrected chi connectivity index (χ0v) is 24.0. The molecule has 4 bridgehead atoms. The Morgan fingerprint density at radius 1 is 1.03 bits per heavy atom. The number of hydrogen-bond donors (Lipinski definition) is 1. The summed E-state index contributed by atoms with van der Waals surface area (Å²) in [6.45, 7) is 10.0. The van der Waals surface area contributed by atoms with Gasteiger partial charge in [-0.3, -0.25) is 9.59 Å². The van der Waals surface area contributed by atoms with Gasteiger partial charge in [0.2, 0.25) is 0 Å². The molecule has 0 radical (unpaired) electrons. The third kappa shape index (κ3) is 4.90. The number of carbonyl (C=O) groups excluding carboxylic acids is 3. The topological polar surface area (TPSA) is 81.7 Å². The van der Waals surface area contributed by atoms with E-state index in [1.165, 1.54) is 34.4 Å². The van der Waals surface area contributed by atoms with Gasteiger partial charge < -0.3 is 14.8 Å². The standard InChI is InChI=1S/C31H39NO5S/c1-6-36-28(34)24-11-25(18(2)3)38-27(24)32-26(33)16-37-29(35)31-14-21-10-22(15-31)13-30(12-21,17-31)23-8-7-19(4)20(5)9-23/h7-9,11,18,21-22H,6,10,12-17H2,1-5H3,(H,32,33)/t21-,22+,30?,31?. The molecular formula is C31H39NO5S. The van der Waals surface area contributed by atoms with Gasteiger partial charge in [0, 0.05) is 4.88 Å². The third-order valence-electron chi connectivity index (χ3n) is 9.02. The van der Waals surface area contributed by atoms with Crippen LogP contribution in [0.15, 0.2) is 24.3 Å². The van der Waals surface area contributed by atoms with Gasteiger partial charge in [-0.05, 0) is 105 Å². The van der Waals surface area contributed by atoms with E-state index in [-0.39, 0.29) is 30.5 Å². The number of thiophene rings is 1. The highest BCUT2D eigenvalue weighted by Crippen LogP contribution is 2.66. The van der Waals surface area contributed by atoms with Crippen molar-refractivity contribution in [1.82, 2.24) is 0 Å². The molecule has 6 nitrogen and oxygen atoms in total. The van der Waals surface area contributed by atoms with Crippen LogP contribution in [0.2, 0.25) is 0 Å². The average Bonchev–Trinajstić information content (AvgIpc) is 3.27. The summed E-state index contributed by atoms with van der Waals surface area (Å²) in [5.74, 6) is 0.105. The minimum absolute atomic E-state index is 0.0164. The van der Waals surface area contributed by atoms with E-state index >= 15 is 0 Å². The van der Waals surface area contributed by atoms with Gasteiger partial charge in [-0.25, -0.2) is 4.79 Å². The van der Waals surface area contributed by atoms with Gasteiger partial charge in [-0.15, -0.1) is 11.3 Å². The minimum atomic E-state index is -0.521. The molecule has 0 spiro atoms. The summed E-state index contributed by atoms with van der Waals surface area (Å²) in [7, 11) is 0. The van der Waals surface area contributed by atoms with Gasteiger partial charge in [-0.2, -0.15) is 0 Å². The van der Waals surface area contributed by atoms with E-state index in [2.05, 4.69) is 37.4 Å². The summed E-state index contributed by atoms with van der Waals surface area (Å²) >= 11 is 1.36. The molecule has 4 saturated carbocycles. The molecule has 1 N–H and O–H groups in total. The molecule has 2 unspecified atom stereocenters. The van der Waals surface area contributed by atoms with Crippen LogP contribution in [0.4, 0.5) is 5.00 Å². The molecule has 4 aliphatic carbocycles. The minimum Gasteiger partial charge on any atom is -0.462 e. The van der Waals surface area contributed by atoms with E-state index in [0.29, 0.717) is 22.4 Å². The van der Waals surface area contributed by atoms with Crippen LogP contribution in [0.3, 0.4) is 0 Å². The summed E-state index contributed by atoms with van der Waals surface area (Å²) in [5.41, 5.74) is 3.78. The molecule has 1 aromatic carbocycles. The van der Waals surface area contributed by atoms with Crippen molar-refractivity contribution < 1.29 is 23.9 Å². The van der Waals surface area contributed by atoms with Gasteiger partial charge in [0.05, 0.1) is 17.6 Å². The second-order valence-corrected chi connectivity index (χ2v) is 13.3. The van der Waals surface area contributed by atoms with Crippen molar-refractivity contribution >= 4 is 34.2 Å². The molecule has 0 saturated heterocycles. The van der Waals surface area contributed by atoms with E-state index < -0.39 is 17.3 Å². The van der Waals surface area contributed by atoms with E-state index in [1.807, 2.05) is 13.8 Å². The Hall–Kier alpha value is -2.67.